The lowest BCUT2D eigenvalue weighted by Gasteiger charge is -2.23. The third-order valence-corrected chi connectivity index (χ3v) is 5.32. The van der Waals surface area contributed by atoms with Crippen LogP contribution >= 0.6 is 0 Å². The Morgan fingerprint density at radius 1 is 1.33 bits per heavy atom. The van der Waals surface area contributed by atoms with E-state index in [1.807, 2.05) is 0 Å². The summed E-state index contributed by atoms with van der Waals surface area (Å²) in [5.41, 5.74) is 0.790. The van der Waals surface area contributed by atoms with Crippen LogP contribution in [0.25, 0.3) is 0 Å². The van der Waals surface area contributed by atoms with E-state index in [1.54, 1.807) is 19.2 Å². The highest BCUT2D eigenvalue weighted by molar-refractivity contribution is 7.93. The number of sulfonamides is 1. The fourth-order valence-corrected chi connectivity index (χ4v) is 3.18. The molecule has 0 fully saturated rings. The average Bonchev–Trinajstić information content (AvgIpc) is 2.48. The second kappa shape index (κ2) is 6.04. The van der Waals surface area contributed by atoms with Crippen molar-refractivity contribution in [3.8, 4) is 0 Å². The van der Waals surface area contributed by atoms with E-state index in [0.717, 1.165) is 4.31 Å². The molecular weight excluding hydrogens is 292 g/mol. The second-order valence-corrected chi connectivity index (χ2v) is 7.02. The van der Waals surface area contributed by atoms with E-state index < -0.39 is 15.3 Å². The van der Waals surface area contributed by atoms with E-state index in [2.05, 4.69) is 15.0 Å². The Balaban J connectivity index is 2.20. The molecule has 1 unspecified atom stereocenters. The molecule has 0 aliphatic rings. The van der Waals surface area contributed by atoms with Crippen molar-refractivity contribution in [2.24, 2.45) is 0 Å². The summed E-state index contributed by atoms with van der Waals surface area (Å²) in [5.74, 6) is 0. The van der Waals surface area contributed by atoms with Crippen molar-refractivity contribution in [2.45, 2.75) is 18.6 Å². The number of hydrogen-bond acceptors (Lipinski definition) is 5. The predicted molar refractivity (Wildman–Crippen MR) is 79.6 cm³/mol. The van der Waals surface area contributed by atoms with Crippen LogP contribution < -0.4 is 9.86 Å². The molecule has 8 heteroatoms. The standard InChI is InChI=1S/C13H16N4O3S/c1-10(7-11-5-6-14-9-16-11)21(19,20)17(2)12-3-4-13(18)15-8-12/h3-6,8-10H,7H2,1-2H3,(H,15,18). The summed E-state index contributed by atoms with van der Waals surface area (Å²) in [7, 11) is -2.09. The van der Waals surface area contributed by atoms with Crippen LogP contribution in [0, 0.1) is 0 Å². The van der Waals surface area contributed by atoms with Crippen LogP contribution in [0.4, 0.5) is 5.69 Å². The molecule has 7 nitrogen and oxygen atoms in total. The first-order chi connectivity index (χ1) is 9.91. The van der Waals surface area contributed by atoms with Crippen molar-refractivity contribution in [2.75, 3.05) is 11.4 Å². The minimum Gasteiger partial charge on any atom is -0.327 e. The van der Waals surface area contributed by atoms with Gasteiger partial charge in [0, 0.05) is 37.6 Å². The molecular formula is C13H16N4O3S. The lowest BCUT2D eigenvalue weighted by Crippen LogP contribution is -2.36. The quantitative estimate of drug-likeness (QED) is 0.870. The Morgan fingerprint density at radius 2 is 2.10 bits per heavy atom. The summed E-state index contributed by atoms with van der Waals surface area (Å²) in [5, 5.41) is -0.649. The lowest BCUT2D eigenvalue weighted by atomic mass is 10.2. The molecule has 0 saturated heterocycles. The molecule has 0 bridgehead atoms. The van der Waals surface area contributed by atoms with Gasteiger partial charge in [0.2, 0.25) is 15.6 Å². The van der Waals surface area contributed by atoms with E-state index in [-0.39, 0.29) is 5.56 Å². The number of H-pyrrole nitrogens is 1. The maximum atomic E-state index is 12.5. The highest BCUT2D eigenvalue weighted by Gasteiger charge is 2.27. The fraction of sp³-hybridized carbons (Fsp3) is 0.308. The van der Waals surface area contributed by atoms with Gasteiger partial charge >= 0.3 is 0 Å². The monoisotopic (exact) mass is 308 g/mol. The minimum absolute atomic E-state index is 0.279. The van der Waals surface area contributed by atoms with Gasteiger partial charge in [-0.15, -0.1) is 0 Å². The number of anilines is 1. The number of rotatable bonds is 5. The highest BCUT2D eigenvalue weighted by atomic mass is 32.2. The third kappa shape index (κ3) is 3.46. The normalized spacial score (nSPS) is 12.9. The second-order valence-electron chi connectivity index (χ2n) is 4.64. The average molecular weight is 308 g/mol. The Labute approximate surface area is 122 Å². The van der Waals surface area contributed by atoms with Crippen LogP contribution in [0.3, 0.4) is 0 Å². The zero-order valence-electron chi connectivity index (χ0n) is 11.7. The Hall–Kier alpha value is -2.22. The van der Waals surface area contributed by atoms with Crippen LogP contribution in [0.15, 0.2) is 41.7 Å². The third-order valence-electron chi connectivity index (χ3n) is 3.16. The summed E-state index contributed by atoms with van der Waals surface area (Å²) < 4.78 is 26.2. The van der Waals surface area contributed by atoms with Gasteiger partial charge in [0.05, 0.1) is 10.9 Å². The van der Waals surface area contributed by atoms with Gasteiger partial charge < -0.3 is 4.98 Å². The van der Waals surface area contributed by atoms with E-state index in [1.165, 1.54) is 31.7 Å². The molecule has 1 atom stereocenters. The molecule has 2 heterocycles. The molecule has 21 heavy (non-hydrogen) atoms. The first-order valence-electron chi connectivity index (χ1n) is 6.32. The molecule has 2 aromatic rings. The molecule has 0 saturated carbocycles. The smallest absolute Gasteiger partial charge is 0.248 e. The number of aromatic nitrogens is 3. The van der Waals surface area contributed by atoms with Gasteiger partial charge in [0.1, 0.15) is 6.33 Å². The van der Waals surface area contributed by atoms with Gasteiger partial charge in [-0.3, -0.25) is 9.10 Å². The van der Waals surface area contributed by atoms with Crippen molar-refractivity contribution >= 4 is 15.7 Å². The summed E-state index contributed by atoms with van der Waals surface area (Å²) in [6.07, 6.45) is 4.63. The number of nitrogens with one attached hydrogen (secondary N) is 1. The Bertz CT molecular complexity index is 738. The molecule has 112 valence electrons. The van der Waals surface area contributed by atoms with Crippen molar-refractivity contribution in [3.05, 3.63) is 53.0 Å². The molecule has 0 aromatic carbocycles. The summed E-state index contributed by atoms with van der Waals surface area (Å²) >= 11 is 0. The van der Waals surface area contributed by atoms with Crippen LogP contribution in [0.2, 0.25) is 0 Å². The van der Waals surface area contributed by atoms with E-state index in [0.29, 0.717) is 17.8 Å². The molecule has 0 aliphatic heterocycles. The number of nitrogens with zero attached hydrogens (tertiary/aromatic N) is 3. The maximum Gasteiger partial charge on any atom is 0.248 e. The van der Waals surface area contributed by atoms with Crippen LogP contribution in [-0.4, -0.2) is 35.7 Å². The summed E-state index contributed by atoms with van der Waals surface area (Å²) in [6.45, 7) is 1.62. The maximum absolute atomic E-state index is 12.5. The largest absolute Gasteiger partial charge is 0.327 e. The number of aromatic amines is 1. The minimum atomic E-state index is -3.55. The van der Waals surface area contributed by atoms with Gasteiger partial charge in [-0.1, -0.05) is 0 Å². The highest BCUT2D eigenvalue weighted by Crippen LogP contribution is 2.18. The zero-order chi connectivity index (χ0) is 15.5. The SMILES string of the molecule is CC(Cc1ccncn1)S(=O)(=O)N(C)c1ccc(=O)[nH]c1. The molecule has 2 rings (SSSR count). The van der Waals surface area contributed by atoms with E-state index in [9.17, 15) is 13.2 Å². The number of pyridine rings is 1. The van der Waals surface area contributed by atoms with Crippen molar-refractivity contribution < 1.29 is 8.42 Å². The fourth-order valence-electron chi connectivity index (χ4n) is 1.85. The molecule has 2 aromatic heterocycles. The van der Waals surface area contributed by atoms with Crippen LogP contribution in [0.1, 0.15) is 12.6 Å². The van der Waals surface area contributed by atoms with Crippen molar-refractivity contribution in [1.82, 2.24) is 15.0 Å². The molecule has 0 spiro atoms. The predicted octanol–water partition coefficient (Wildman–Crippen LogP) is 0.562. The van der Waals surface area contributed by atoms with E-state index >= 15 is 0 Å². The summed E-state index contributed by atoms with van der Waals surface area (Å²) in [4.78, 5) is 21.3. The van der Waals surface area contributed by atoms with Gasteiger partial charge in [0.15, 0.2) is 0 Å². The van der Waals surface area contributed by atoms with Crippen molar-refractivity contribution in [1.29, 1.82) is 0 Å². The van der Waals surface area contributed by atoms with Crippen LogP contribution in [0.5, 0.6) is 0 Å². The zero-order valence-corrected chi connectivity index (χ0v) is 12.5. The first kappa shape index (κ1) is 15.2. The lowest BCUT2D eigenvalue weighted by molar-refractivity contribution is 0.580. The molecule has 0 aliphatic carbocycles. The Morgan fingerprint density at radius 3 is 2.67 bits per heavy atom. The van der Waals surface area contributed by atoms with Gasteiger partial charge in [0.25, 0.3) is 0 Å². The van der Waals surface area contributed by atoms with Gasteiger partial charge in [-0.2, -0.15) is 0 Å². The molecule has 0 amide bonds. The molecule has 1 N–H and O–H groups in total. The summed E-state index contributed by atoms with van der Waals surface area (Å²) in [6, 6.07) is 4.44. The van der Waals surface area contributed by atoms with Gasteiger partial charge in [-0.05, 0) is 19.1 Å². The van der Waals surface area contributed by atoms with Crippen molar-refractivity contribution in [3.63, 3.8) is 0 Å². The first-order valence-corrected chi connectivity index (χ1v) is 7.83. The number of hydrogen-bond donors (Lipinski definition) is 1. The van der Waals surface area contributed by atoms with Crippen LogP contribution in [-0.2, 0) is 16.4 Å². The van der Waals surface area contributed by atoms with E-state index in [4.69, 9.17) is 0 Å². The molecule has 0 radical (unpaired) electrons. The Kier molecular flexibility index (Phi) is 4.37. The topological polar surface area (TPSA) is 96.0 Å². The van der Waals surface area contributed by atoms with Gasteiger partial charge in [-0.25, -0.2) is 18.4 Å².